The zero-order valence-corrected chi connectivity index (χ0v) is 15.0. The molecular weight excluding hydrogens is 330 g/mol. The fourth-order valence-electron chi connectivity index (χ4n) is 5.76. The molecule has 0 radical (unpaired) electrons. The summed E-state index contributed by atoms with van der Waals surface area (Å²) in [6.07, 6.45) is 4.38. The molecule has 2 aliphatic heterocycles. The molecular formula is C21H23NO4. The van der Waals surface area contributed by atoms with E-state index in [1.807, 2.05) is 6.08 Å². The molecule has 1 aromatic rings. The smallest absolute Gasteiger partial charge is 0.188 e. The Morgan fingerprint density at radius 2 is 2.19 bits per heavy atom. The first-order valence-corrected chi connectivity index (χ1v) is 9.19. The number of rotatable bonds is 2. The number of piperidine rings is 1. The number of nitrogens with zero attached hydrogens (tertiary/aromatic N) is 1. The number of hydrogen-bond acceptors (Lipinski definition) is 5. The van der Waals surface area contributed by atoms with Gasteiger partial charge in [0.05, 0.1) is 0 Å². The third-order valence-electron chi connectivity index (χ3n) is 6.91. The number of aromatic hydroxyl groups is 1. The van der Waals surface area contributed by atoms with Gasteiger partial charge in [0.15, 0.2) is 17.3 Å². The maximum absolute atomic E-state index is 12.8. The maximum atomic E-state index is 12.8. The number of Topliss-reactive ketones (excluding diaryl/α,β-unsaturated/α-hetero) is 1. The Morgan fingerprint density at radius 1 is 1.42 bits per heavy atom. The molecule has 2 bridgehead atoms. The topological polar surface area (TPSA) is 70.0 Å². The van der Waals surface area contributed by atoms with Gasteiger partial charge in [0.2, 0.25) is 0 Å². The Balaban J connectivity index is 1.84. The van der Waals surface area contributed by atoms with E-state index in [0.29, 0.717) is 16.9 Å². The van der Waals surface area contributed by atoms with Crippen LogP contribution in [0.25, 0.3) is 0 Å². The Hall–Kier alpha value is -2.11. The van der Waals surface area contributed by atoms with Crippen molar-refractivity contribution in [3.63, 3.8) is 0 Å². The van der Waals surface area contributed by atoms with Crippen LogP contribution in [0.4, 0.5) is 0 Å². The van der Waals surface area contributed by atoms with E-state index >= 15 is 0 Å². The van der Waals surface area contributed by atoms with E-state index in [2.05, 4.69) is 24.6 Å². The predicted octanol–water partition coefficient (Wildman–Crippen LogP) is 1.96. The van der Waals surface area contributed by atoms with Crippen molar-refractivity contribution in [1.29, 1.82) is 0 Å². The highest BCUT2D eigenvalue weighted by atomic mass is 16.5. The number of phenols is 1. The van der Waals surface area contributed by atoms with Gasteiger partial charge in [0.1, 0.15) is 12.2 Å². The minimum absolute atomic E-state index is 0.0135. The summed E-state index contributed by atoms with van der Waals surface area (Å²) in [5.41, 5.74) is 2.52. The van der Waals surface area contributed by atoms with E-state index in [-0.39, 0.29) is 28.9 Å². The minimum Gasteiger partial charge on any atom is -0.504 e. The highest BCUT2D eigenvalue weighted by molar-refractivity contribution is 6.09. The molecule has 26 heavy (non-hydrogen) atoms. The van der Waals surface area contributed by atoms with Gasteiger partial charge in [-0.2, -0.15) is 0 Å². The molecule has 1 aromatic carbocycles. The third-order valence-corrected chi connectivity index (χ3v) is 6.91. The second kappa shape index (κ2) is 4.99. The van der Waals surface area contributed by atoms with Gasteiger partial charge < -0.3 is 19.8 Å². The molecule has 0 saturated carbocycles. The van der Waals surface area contributed by atoms with E-state index in [1.165, 1.54) is 6.07 Å². The average molecular weight is 353 g/mol. The highest BCUT2D eigenvalue weighted by Gasteiger charge is 2.64. The van der Waals surface area contributed by atoms with Crippen LogP contribution in [0.15, 0.2) is 30.4 Å². The number of aliphatic hydroxyl groups excluding tert-OH is 1. The molecule has 5 nitrogen and oxygen atoms in total. The summed E-state index contributed by atoms with van der Waals surface area (Å²) in [5.74, 6) is 0.515. The van der Waals surface area contributed by atoms with Crippen molar-refractivity contribution < 1.29 is 19.7 Å². The van der Waals surface area contributed by atoms with Crippen LogP contribution in [0.5, 0.6) is 11.5 Å². The first-order chi connectivity index (χ1) is 12.4. The van der Waals surface area contributed by atoms with E-state index in [0.717, 1.165) is 30.5 Å². The molecule has 5 rings (SSSR count). The number of hydrogen-bond donors (Lipinski definition) is 2. The van der Waals surface area contributed by atoms with E-state index in [9.17, 15) is 15.0 Å². The molecule has 2 N–H and O–H groups in total. The number of ketones is 1. The van der Waals surface area contributed by atoms with Crippen molar-refractivity contribution in [2.75, 3.05) is 13.6 Å². The molecule has 0 amide bonds. The monoisotopic (exact) mass is 353 g/mol. The highest BCUT2D eigenvalue weighted by Crippen LogP contribution is 2.63. The van der Waals surface area contributed by atoms with Gasteiger partial charge in [0.25, 0.3) is 0 Å². The molecule has 136 valence electrons. The van der Waals surface area contributed by atoms with E-state index in [1.54, 1.807) is 6.92 Å². The Bertz CT molecular complexity index is 888. The molecule has 2 heterocycles. The van der Waals surface area contributed by atoms with Crippen LogP contribution >= 0.6 is 0 Å². The number of likely N-dealkylation sites (N-methyl/N-ethyl adjacent to an activating group) is 1. The van der Waals surface area contributed by atoms with Crippen LogP contribution in [0, 0.1) is 5.92 Å². The van der Waals surface area contributed by atoms with Crippen LogP contribution < -0.4 is 4.74 Å². The minimum atomic E-state index is -0.714. The third kappa shape index (κ3) is 1.70. The zero-order chi connectivity index (χ0) is 18.4. The fourth-order valence-corrected chi connectivity index (χ4v) is 5.76. The van der Waals surface area contributed by atoms with Crippen LogP contribution in [0.3, 0.4) is 0 Å². The van der Waals surface area contributed by atoms with Crippen LogP contribution in [-0.2, 0) is 11.8 Å². The summed E-state index contributed by atoms with van der Waals surface area (Å²) in [6.45, 7) is 6.40. The lowest BCUT2D eigenvalue weighted by Crippen LogP contribution is -2.64. The second-order valence-electron chi connectivity index (χ2n) is 8.22. The molecule has 4 aliphatic rings. The first-order valence-electron chi connectivity index (χ1n) is 9.19. The number of likely N-dealkylation sites (tertiary alicyclic amines) is 1. The molecule has 1 saturated heterocycles. The van der Waals surface area contributed by atoms with Crippen molar-refractivity contribution in [3.8, 4) is 11.5 Å². The molecule has 0 aromatic heterocycles. The van der Waals surface area contributed by atoms with Crippen molar-refractivity contribution in [2.24, 2.45) is 5.92 Å². The van der Waals surface area contributed by atoms with Crippen LogP contribution in [-0.4, -0.2) is 52.7 Å². The summed E-state index contributed by atoms with van der Waals surface area (Å²) in [5, 5.41) is 21.3. The number of ether oxygens (including phenoxy) is 1. The summed E-state index contributed by atoms with van der Waals surface area (Å²) < 4.78 is 6.15. The molecule has 1 fully saturated rings. The maximum Gasteiger partial charge on any atom is 0.188 e. The van der Waals surface area contributed by atoms with Gasteiger partial charge >= 0.3 is 0 Å². The quantitative estimate of drug-likeness (QED) is 0.483. The lowest BCUT2D eigenvalue weighted by Gasteiger charge is -2.56. The van der Waals surface area contributed by atoms with Gasteiger partial charge in [-0.05, 0) is 50.6 Å². The molecule has 1 spiro atoms. The number of phenolic OH excluding ortho intramolecular Hbond substituents is 1. The van der Waals surface area contributed by atoms with Crippen molar-refractivity contribution >= 4 is 5.78 Å². The standard InChI is InChI=1S/C21H23NO4/c1-10(2)18(25)12-9-16(24)19-17-11(12)8-14-13-4-5-15(23)20(26-19)21(13,17)6-7-22(14)3/h4-5,9,13-15,20,23-24H,1,6-8H2,2-3H3/t13-,14+,15-,20-,21-/m0/s1. The van der Waals surface area contributed by atoms with E-state index in [4.69, 9.17) is 4.74 Å². The lowest BCUT2D eigenvalue weighted by molar-refractivity contribution is -0.0453. The van der Waals surface area contributed by atoms with Gasteiger partial charge in [-0.3, -0.25) is 4.79 Å². The Labute approximate surface area is 152 Å². The summed E-state index contributed by atoms with van der Waals surface area (Å²) in [6, 6.07) is 1.77. The Kier molecular flexibility index (Phi) is 3.09. The molecule has 5 atom stereocenters. The molecule has 5 heteroatoms. The largest absolute Gasteiger partial charge is 0.504 e. The predicted molar refractivity (Wildman–Crippen MR) is 96.7 cm³/mol. The van der Waals surface area contributed by atoms with Gasteiger partial charge in [-0.1, -0.05) is 18.7 Å². The van der Waals surface area contributed by atoms with Crippen molar-refractivity contribution in [2.45, 2.75) is 43.4 Å². The average Bonchev–Trinajstić information content (AvgIpc) is 2.96. The van der Waals surface area contributed by atoms with Crippen molar-refractivity contribution in [3.05, 3.63) is 47.1 Å². The zero-order valence-electron chi connectivity index (χ0n) is 15.0. The molecule has 0 unspecified atom stereocenters. The van der Waals surface area contributed by atoms with E-state index < -0.39 is 12.2 Å². The lowest BCUT2D eigenvalue weighted by atomic mass is 9.53. The fraction of sp³-hybridized carbons (Fsp3) is 0.476. The SMILES string of the molecule is C=C(C)C(=O)c1cc(O)c2c3c1C[C@@H]1[C@@H]4C=C[C@H](O)[C@H](O2)[C@]34CCN1C. The second-order valence-corrected chi connectivity index (χ2v) is 8.22. The number of carbonyl (C=O) groups excluding carboxylic acids is 1. The summed E-state index contributed by atoms with van der Waals surface area (Å²) >= 11 is 0. The molecule has 2 aliphatic carbocycles. The Morgan fingerprint density at radius 3 is 2.92 bits per heavy atom. The van der Waals surface area contributed by atoms with Gasteiger partial charge in [0, 0.05) is 28.5 Å². The summed E-state index contributed by atoms with van der Waals surface area (Å²) in [4.78, 5) is 15.1. The summed E-state index contributed by atoms with van der Waals surface area (Å²) in [7, 11) is 2.12. The number of carbonyl (C=O) groups is 1. The number of aliphatic hydroxyl groups is 1. The van der Waals surface area contributed by atoms with Gasteiger partial charge in [-0.25, -0.2) is 0 Å². The van der Waals surface area contributed by atoms with Crippen molar-refractivity contribution in [1.82, 2.24) is 4.90 Å². The number of allylic oxidation sites excluding steroid dienone is 1. The normalized spacial score (nSPS) is 36.4. The van der Waals surface area contributed by atoms with Crippen LogP contribution in [0.2, 0.25) is 0 Å². The van der Waals surface area contributed by atoms with Gasteiger partial charge in [-0.15, -0.1) is 0 Å². The number of benzene rings is 1. The first kappa shape index (κ1) is 16.1. The van der Waals surface area contributed by atoms with Crippen LogP contribution in [0.1, 0.15) is 34.8 Å².